The number of hydrogen-bond donors (Lipinski definition) is 0. The molecule has 1 saturated carbocycles. The molecule has 0 N–H and O–H groups in total. The van der Waals surface area contributed by atoms with Crippen molar-refractivity contribution in [1.82, 2.24) is 0 Å². The second-order valence-corrected chi connectivity index (χ2v) is 10.5. The third-order valence-corrected chi connectivity index (χ3v) is 7.94. The van der Waals surface area contributed by atoms with Gasteiger partial charge in [0.15, 0.2) is 0 Å². The summed E-state index contributed by atoms with van der Waals surface area (Å²) in [7, 11) is 0. The second kappa shape index (κ2) is 12.7. The fourth-order valence-corrected chi connectivity index (χ4v) is 5.69. The van der Waals surface area contributed by atoms with Crippen LogP contribution in [0.3, 0.4) is 0 Å². The van der Waals surface area contributed by atoms with E-state index < -0.39 is 0 Å². The summed E-state index contributed by atoms with van der Waals surface area (Å²) in [5.74, 6) is 2.52. The number of rotatable bonds is 10. The van der Waals surface area contributed by atoms with E-state index in [-0.39, 0.29) is 0 Å². The molecule has 0 saturated heterocycles. The molecular formula is C34H42. The van der Waals surface area contributed by atoms with Gasteiger partial charge in [-0.15, -0.1) is 0 Å². The third kappa shape index (κ3) is 7.20. The van der Waals surface area contributed by atoms with Crippen LogP contribution >= 0.6 is 0 Å². The largest absolute Gasteiger partial charge is 0.0917 e. The highest BCUT2D eigenvalue weighted by Gasteiger charge is 2.23. The molecule has 1 aliphatic carbocycles. The van der Waals surface area contributed by atoms with Crippen molar-refractivity contribution in [2.24, 2.45) is 11.8 Å². The van der Waals surface area contributed by atoms with Crippen LogP contribution in [0.25, 0.3) is 11.1 Å². The Balaban J connectivity index is 1.20. The highest BCUT2D eigenvalue weighted by Crippen LogP contribution is 2.37. The first-order valence-corrected chi connectivity index (χ1v) is 13.6. The smallest absolute Gasteiger partial charge is 0.0184 e. The Labute approximate surface area is 208 Å². The van der Waals surface area contributed by atoms with E-state index in [0.29, 0.717) is 5.92 Å². The molecule has 1 atom stereocenters. The van der Waals surface area contributed by atoms with Gasteiger partial charge in [0, 0.05) is 0 Å². The third-order valence-electron chi connectivity index (χ3n) is 7.94. The molecule has 0 unspecified atom stereocenters. The molecule has 1 aliphatic rings. The molecule has 178 valence electrons. The van der Waals surface area contributed by atoms with Gasteiger partial charge in [0.1, 0.15) is 0 Å². The lowest BCUT2D eigenvalue weighted by atomic mass is 9.75. The number of aryl methyl sites for hydroxylation is 2. The molecule has 0 amide bonds. The normalized spacial score (nSPS) is 19.4. The fourth-order valence-electron chi connectivity index (χ4n) is 5.69. The minimum atomic E-state index is 0.690. The highest BCUT2D eigenvalue weighted by molar-refractivity contribution is 5.64. The summed E-state index contributed by atoms with van der Waals surface area (Å²) in [4.78, 5) is 0. The van der Waals surface area contributed by atoms with E-state index >= 15 is 0 Å². The molecular weight excluding hydrogens is 408 g/mol. The zero-order valence-corrected chi connectivity index (χ0v) is 21.3. The van der Waals surface area contributed by atoms with Crippen molar-refractivity contribution >= 4 is 0 Å². The molecule has 1 fully saturated rings. The standard InChI is InChI=1S/C34H42/c1-3-4-6-9-28-18-22-33(23-19-28)34-24-20-30(21-25-34)13-12-29-14-16-31(17-15-29)26-27(2)32-10-7-5-8-11-32/h3-5,7-8,10-11,18-25,27,29,31H,6,9,12-17,26H2,1-2H3/b4-3+/t27-,29?,31?/m1/s1. The van der Waals surface area contributed by atoms with E-state index in [4.69, 9.17) is 0 Å². The van der Waals surface area contributed by atoms with E-state index in [1.54, 1.807) is 0 Å². The van der Waals surface area contributed by atoms with E-state index in [9.17, 15) is 0 Å². The highest BCUT2D eigenvalue weighted by atomic mass is 14.3. The minimum absolute atomic E-state index is 0.690. The lowest BCUT2D eigenvalue weighted by molar-refractivity contribution is 0.245. The van der Waals surface area contributed by atoms with Crippen molar-refractivity contribution in [3.8, 4) is 11.1 Å². The molecule has 0 radical (unpaired) electrons. The first kappa shape index (κ1) is 24.5. The van der Waals surface area contributed by atoms with Crippen LogP contribution < -0.4 is 0 Å². The molecule has 4 rings (SSSR count). The fraction of sp³-hybridized carbons (Fsp3) is 0.412. The first-order chi connectivity index (χ1) is 16.7. The van der Waals surface area contributed by atoms with Crippen molar-refractivity contribution in [1.29, 1.82) is 0 Å². The van der Waals surface area contributed by atoms with Crippen LogP contribution in [0.15, 0.2) is 91.0 Å². The Morgan fingerprint density at radius 2 is 1.26 bits per heavy atom. The van der Waals surface area contributed by atoms with Crippen molar-refractivity contribution in [3.63, 3.8) is 0 Å². The quantitative estimate of drug-likeness (QED) is 0.270. The summed E-state index contributed by atoms with van der Waals surface area (Å²) in [6.07, 6.45) is 16.2. The van der Waals surface area contributed by atoms with E-state index in [1.807, 2.05) is 0 Å². The lowest BCUT2D eigenvalue weighted by Gasteiger charge is -2.30. The minimum Gasteiger partial charge on any atom is -0.0917 e. The first-order valence-electron chi connectivity index (χ1n) is 13.6. The Hall–Kier alpha value is -2.60. The Bertz CT molecular complexity index is 986. The molecule has 0 aromatic heterocycles. The van der Waals surface area contributed by atoms with Gasteiger partial charge < -0.3 is 0 Å². The summed E-state index contributed by atoms with van der Waals surface area (Å²) in [5.41, 5.74) is 7.07. The van der Waals surface area contributed by atoms with Crippen LogP contribution in [0.4, 0.5) is 0 Å². The predicted octanol–water partition coefficient (Wildman–Crippen LogP) is 9.80. The SMILES string of the molecule is C/C=C/CCc1ccc(-c2ccc(CCC3CCC(C[C@@H](C)c4ccccc4)CC3)cc2)cc1. The molecule has 34 heavy (non-hydrogen) atoms. The van der Waals surface area contributed by atoms with Crippen LogP contribution in [0.1, 0.15) is 81.4 Å². The topological polar surface area (TPSA) is 0 Å². The Kier molecular flexibility index (Phi) is 9.19. The van der Waals surface area contributed by atoms with Gasteiger partial charge in [-0.2, -0.15) is 0 Å². The zero-order valence-electron chi connectivity index (χ0n) is 21.3. The van der Waals surface area contributed by atoms with Crippen LogP contribution in [0.5, 0.6) is 0 Å². The van der Waals surface area contributed by atoms with E-state index in [2.05, 4.69) is 105 Å². The summed E-state index contributed by atoms with van der Waals surface area (Å²) >= 11 is 0. The van der Waals surface area contributed by atoms with E-state index in [1.165, 1.54) is 72.8 Å². The molecule has 3 aromatic carbocycles. The zero-order chi connectivity index (χ0) is 23.6. The molecule has 0 aliphatic heterocycles. The van der Waals surface area contributed by atoms with Gasteiger partial charge in [0.2, 0.25) is 0 Å². The van der Waals surface area contributed by atoms with Gasteiger partial charge in [-0.1, -0.05) is 124 Å². The monoisotopic (exact) mass is 450 g/mol. The van der Waals surface area contributed by atoms with Gasteiger partial charge in [-0.25, -0.2) is 0 Å². The number of benzene rings is 3. The van der Waals surface area contributed by atoms with Gasteiger partial charge >= 0.3 is 0 Å². The lowest BCUT2D eigenvalue weighted by Crippen LogP contribution is -2.16. The number of allylic oxidation sites excluding steroid dienone is 2. The van der Waals surface area contributed by atoms with Crippen molar-refractivity contribution in [3.05, 3.63) is 108 Å². The van der Waals surface area contributed by atoms with Crippen LogP contribution in [-0.2, 0) is 12.8 Å². The summed E-state index contributed by atoms with van der Waals surface area (Å²) in [5, 5.41) is 0. The maximum atomic E-state index is 2.41. The summed E-state index contributed by atoms with van der Waals surface area (Å²) in [6, 6.07) is 29.5. The van der Waals surface area contributed by atoms with Crippen molar-refractivity contribution in [2.45, 2.75) is 77.6 Å². The van der Waals surface area contributed by atoms with Gasteiger partial charge in [0.25, 0.3) is 0 Å². The van der Waals surface area contributed by atoms with Gasteiger partial charge in [-0.3, -0.25) is 0 Å². The molecule has 0 heteroatoms. The van der Waals surface area contributed by atoms with Crippen LogP contribution in [0.2, 0.25) is 0 Å². The maximum Gasteiger partial charge on any atom is -0.0184 e. The molecule has 0 bridgehead atoms. The van der Waals surface area contributed by atoms with Crippen LogP contribution in [0, 0.1) is 11.8 Å². The molecule has 0 spiro atoms. The average molecular weight is 451 g/mol. The van der Waals surface area contributed by atoms with Crippen LogP contribution in [-0.4, -0.2) is 0 Å². The predicted molar refractivity (Wildman–Crippen MR) is 148 cm³/mol. The maximum absolute atomic E-state index is 2.41. The molecule has 0 nitrogen and oxygen atoms in total. The van der Waals surface area contributed by atoms with E-state index in [0.717, 1.165) is 24.7 Å². The average Bonchev–Trinajstić information content (AvgIpc) is 2.90. The molecule has 0 heterocycles. The Morgan fingerprint density at radius 1 is 0.706 bits per heavy atom. The Morgan fingerprint density at radius 3 is 1.85 bits per heavy atom. The van der Waals surface area contributed by atoms with Gasteiger partial charge in [-0.05, 0) is 84.6 Å². The number of hydrogen-bond acceptors (Lipinski definition) is 0. The second-order valence-electron chi connectivity index (χ2n) is 10.5. The van der Waals surface area contributed by atoms with Gasteiger partial charge in [0.05, 0.1) is 0 Å². The van der Waals surface area contributed by atoms with Crippen molar-refractivity contribution < 1.29 is 0 Å². The summed E-state index contributed by atoms with van der Waals surface area (Å²) in [6.45, 7) is 4.50. The summed E-state index contributed by atoms with van der Waals surface area (Å²) < 4.78 is 0. The molecule has 3 aromatic rings. The van der Waals surface area contributed by atoms with Crippen molar-refractivity contribution in [2.75, 3.05) is 0 Å².